The summed E-state index contributed by atoms with van der Waals surface area (Å²) in [5.41, 5.74) is 1.57. The van der Waals surface area contributed by atoms with Crippen LogP contribution in [0.5, 0.6) is 17.2 Å². The maximum Gasteiger partial charge on any atom is 0.243 e. The second-order valence-corrected chi connectivity index (χ2v) is 5.69. The molecule has 6 nitrogen and oxygen atoms in total. The van der Waals surface area contributed by atoms with Gasteiger partial charge in [0.25, 0.3) is 0 Å². The van der Waals surface area contributed by atoms with Crippen molar-refractivity contribution in [2.75, 3.05) is 18.7 Å². The van der Waals surface area contributed by atoms with Crippen LogP contribution >= 0.6 is 0 Å². The van der Waals surface area contributed by atoms with Crippen LogP contribution in [0.15, 0.2) is 30.3 Å². The molecule has 0 bridgehead atoms. The van der Waals surface area contributed by atoms with Crippen LogP contribution in [0.1, 0.15) is 16.7 Å². The van der Waals surface area contributed by atoms with Crippen LogP contribution in [0.4, 0.5) is 5.69 Å². The predicted molar refractivity (Wildman–Crippen MR) is 78.6 cm³/mol. The SMILES string of the molecule is N#Cc1cccc2c1NC(=O)C21COc2cc3c(cc21)OCO3. The third-order valence-electron chi connectivity index (χ3n) is 4.65. The van der Waals surface area contributed by atoms with Gasteiger partial charge in [-0.2, -0.15) is 5.26 Å². The number of nitrogens with one attached hydrogen (secondary N) is 1. The summed E-state index contributed by atoms with van der Waals surface area (Å²) in [5.74, 6) is 1.64. The number of nitrogens with zero attached hydrogens (tertiary/aromatic N) is 1. The number of fused-ring (bicyclic) bond motifs is 5. The third kappa shape index (κ3) is 1.35. The Kier molecular flexibility index (Phi) is 2.13. The van der Waals surface area contributed by atoms with Gasteiger partial charge in [-0.25, -0.2) is 0 Å². The molecule has 0 saturated heterocycles. The summed E-state index contributed by atoms with van der Waals surface area (Å²) in [6.45, 7) is 0.353. The second-order valence-electron chi connectivity index (χ2n) is 5.69. The molecule has 1 unspecified atom stereocenters. The second kappa shape index (κ2) is 3.96. The Morgan fingerprint density at radius 3 is 2.74 bits per heavy atom. The third-order valence-corrected chi connectivity index (χ3v) is 4.65. The molecule has 2 aromatic carbocycles. The van der Waals surface area contributed by atoms with Gasteiger partial charge in [-0.05, 0) is 12.1 Å². The summed E-state index contributed by atoms with van der Waals surface area (Å²) in [6.07, 6.45) is 0. The monoisotopic (exact) mass is 306 g/mol. The van der Waals surface area contributed by atoms with E-state index in [1.54, 1.807) is 24.3 Å². The van der Waals surface area contributed by atoms with Crippen molar-refractivity contribution in [3.05, 3.63) is 47.0 Å². The Morgan fingerprint density at radius 2 is 1.91 bits per heavy atom. The molecule has 1 N–H and O–H groups in total. The molecule has 1 spiro atoms. The van der Waals surface area contributed by atoms with Crippen molar-refractivity contribution in [2.24, 2.45) is 0 Å². The molecule has 0 radical (unpaired) electrons. The lowest BCUT2D eigenvalue weighted by Crippen LogP contribution is -2.37. The molecule has 0 aliphatic carbocycles. The van der Waals surface area contributed by atoms with Crippen LogP contribution in [0.25, 0.3) is 0 Å². The quantitative estimate of drug-likeness (QED) is 0.804. The van der Waals surface area contributed by atoms with Crippen molar-refractivity contribution in [1.29, 1.82) is 5.26 Å². The van der Waals surface area contributed by atoms with Crippen LogP contribution in [-0.4, -0.2) is 19.3 Å². The van der Waals surface area contributed by atoms with Crippen molar-refractivity contribution in [3.63, 3.8) is 0 Å². The normalized spacial score (nSPS) is 22.3. The number of rotatable bonds is 0. The van der Waals surface area contributed by atoms with Crippen molar-refractivity contribution in [2.45, 2.75) is 5.41 Å². The van der Waals surface area contributed by atoms with Crippen molar-refractivity contribution < 1.29 is 19.0 Å². The molecule has 5 rings (SSSR count). The predicted octanol–water partition coefficient (Wildman–Crippen LogP) is 1.92. The van der Waals surface area contributed by atoms with Gasteiger partial charge in [0.2, 0.25) is 12.7 Å². The number of para-hydroxylation sites is 1. The van der Waals surface area contributed by atoms with E-state index in [2.05, 4.69) is 11.4 Å². The molecule has 23 heavy (non-hydrogen) atoms. The molecule has 0 saturated carbocycles. The zero-order chi connectivity index (χ0) is 15.6. The number of nitriles is 1. The van der Waals surface area contributed by atoms with Crippen LogP contribution in [-0.2, 0) is 10.2 Å². The molecule has 3 aliphatic heterocycles. The van der Waals surface area contributed by atoms with Gasteiger partial charge in [-0.1, -0.05) is 12.1 Å². The summed E-state index contributed by atoms with van der Waals surface area (Å²) in [5, 5.41) is 12.1. The Bertz CT molecular complexity index is 931. The fourth-order valence-electron chi connectivity index (χ4n) is 3.53. The summed E-state index contributed by atoms with van der Waals surface area (Å²) in [6, 6.07) is 11.0. The molecule has 3 aliphatic rings. The summed E-state index contributed by atoms with van der Waals surface area (Å²) >= 11 is 0. The van der Waals surface area contributed by atoms with Crippen molar-refractivity contribution in [1.82, 2.24) is 0 Å². The lowest BCUT2D eigenvalue weighted by Gasteiger charge is -2.20. The maximum absolute atomic E-state index is 12.8. The van der Waals surface area contributed by atoms with Crippen molar-refractivity contribution in [3.8, 4) is 23.3 Å². The maximum atomic E-state index is 12.8. The first-order valence-electron chi connectivity index (χ1n) is 7.16. The molecule has 112 valence electrons. The first kappa shape index (κ1) is 12.4. The lowest BCUT2D eigenvalue weighted by atomic mass is 9.76. The van der Waals surface area contributed by atoms with Gasteiger partial charge < -0.3 is 19.5 Å². The van der Waals surface area contributed by atoms with E-state index in [9.17, 15) is 10.1 Å². The zero-order valence-electron chi connectivity index (χ0n) is 11.9. The number of hydrogen-bond acceptors (Lipinski definition) is 5. The number of hydrogen-bond donors (Lipinski definition) is 1. The van der Waals surface area contributed by atoms with Crippen molar-refractivity contribution >= 4 is 11.6 Å². The highest BCUT2D eigenvalue weighted by Gasteiger charge is 2.55. The van der Waals surface area contributed by atoms with Gasteiger partial charge in [-0.3, -0.25) is 4.79 Å². The van der Waals surface area contributed by atoms with Crippen LogP contribution in [0.3, 0.4) is 0 Å². The minimum Gasteiger partial charge on any atom is -0.491 e. The summed E-state index contributed by atoms with van der Waals surface area (Å²) < 4.78 is 16.6. The van der Waals surface area contributed by atoms with E-state index >= 15 is 0 Å². The minimum absolute atomic E-state index is 0.159. The fraction of sp³-hybridized carbons (Fsp3) is 0.176. The molecule has 0 fully saturated rings. The Hall–Kier alpha value is -3.20. The first-order chi connectivity index (χ1) is 11.2. The Morgan fingerprint density at radius 1 is 1.09 bits per heavy atom. The smallest absolute Gasteiger partial charge is 0.243 e. The number of anilines is 1. The molecular weight excluding hydrogens is 296 g/mol. The molecule has 0 aromatic heterocycles. The van der Waals surface area contributed by atoms with E-state index in [0.29, 0.717) is 28.5 Å². The van der Waals surface area contributed by atoms with E-state index in [1.165, 1.54) is 0 Å². The molecule has 1 amide bonds. The number of benzene rings is 2. The Labute approximate surface area is 131 Å². The number of carbonyl (C=O) groups is 1. The number of amides is 1. The van der Waals surface area contributed by atoms with Crippen LogP contribution in [0.2, 0.25) is 0 Å². The van der Waals surface area contributed by atoms with Crippen LogP contribution < -0.4 is 19.5 Å². The topological polar surface area (TPSA) is 80.6 Å². The van der Waals surface area contributed by atoms with E-state index in [1.807, 2.05) is 6.07 Å². The van der Waals surface area contributed by atoms with Crippen LogP contribution in [0, 0.1) is 11.3 Å². The summed E-state index contributed by atoms with van der Waals surface area (Å²) in [4.78, 5) is 12.8. The average Bonchev–Trinajstić information content (AvgIpc) is 3.24. The molecule has 1 atom stereocenters. The van der Waals surface area contributed by atoms with Gasteiger partial charge in [0.1, 0.15) is 23.8 Å². The van der Waals surface area contributed by atoms with E-state index < -0.39 is 5.41 Å². The molecular formula is C17H10N2O4. The molecule has 2 aromatic rings. The largest absolute Gasteiger partial charge is 0.491 e. The van der Waals surface area contributed by atoms with Gasteiger partial charge in [0, 0.05) is 17.2 Å². The fourth-order valence-corrected chi connectivity index (χ4v) is 3.53. The minimum atomic E-state index is -0.946. The highest BCUT2D eigenvalue weighted by Crippen LogP contribution is 2.53. The molecule has 6 heteroatoms. The summed E-state index contributed by atoms with van der Waals surface area (Å²) in [7, 11) is 0. The zero-order valence-corrected chi connectivity index (χ0v) is 11.9. The molecule has 3 heterocycles. The lowest BCUT2D eigenvalue weighted by molar-refractivity contribution is -0.119. The van der Waals surface area contributed by atoms with Gasteiger partial charge in [0.15, 0.2) is 11.5 Å². The van der Waals surface area contributed by atoms with E-state index in [-0.39, 0.29) is 19.3 Å². The Balaban J connectivity index is 1.79. The average molecular weight is 306 g/mol. The first-order valence-corrected chi connectivity index (χ1v) is 7.16. The van der Waals surface area contributed by atoms with E-state index in [4.69, 9.17) is 14.2 Å². The van der Waals surface area contributed by atoms with Gasteiger partial charge in [0.05, 0.1) is 11.3 Å². The number of ether oxygens (including phenoxy) is 3. The highest BCUT2D eigenvalue weighted by molar-refractivity contribution is 6.11. The number of carbonyl (C=O) groups excluding carboxylic acids is 1. The van der Waals surface area contributed by atoms with Gasteiger partial charge in [-0.15, -0.1) is 0 Å². The highest BCUT2D eigenvalue weighted by atomic mass is 16.7. The van der Waals surface area contributed by atoms with Gasteiger partial charge >= 0.3 is 0 Å². The van der Waals surface area contributed by atoms with E-state index in [0.717, 1.165) is 11.1 Å². The standard InChI is InChI=1S/C17H10N2O4/c18-6-9-2-1-3-10-15(9)19-16(20)17(10)7-21-12-5-14-13(4-11(12)17)22-8-23-14/h1-5H,7-8H2,(H,19,20).